The average molecular weight is 263 g/mol. The second-order valence-electron chi connectivity index (χ2n) is 3.45. The van der Waals surface area contributed by atoms with E-state index in [1.54, 1.807) is 18.9 Å². The number of rotatable bonds is 3. The van der Waals surface area contributed by atoms with Crippen molar-refractivity contribution in [3.05, 3.63) is 29.3 Å². The van der Waals surface area contributed by atoms with Crippen molar-refractivity contribution in [2.75, 3.05) is 19.4 Å². The second-order valence-corrected chi connectivity index (χ2v) is 5.76. The molecule has 0 bridgehead atoms. The van der Waals surface area contributed by atoms with E-state index < -0.39 is 0 Å². The van der Waals surface area contributed by atoms with Crippen molar-refractivity contribution in [2.45, 2.75) is 5.75 Å². The van der Waals surface area contributed by atoms with E-state index >= 15 is 0 Å². The lowest BCUT2D eigenvalue weighted by molar-refractivity contribution is 0.414. The van der Waals surface area contributed by atoms with E-state index in [2.05, 4.69) is 10.9 Å². The zero-order valence-corrected chi connectivity index (χ0v) is 11.2. The first-order valence-electron chi connectivity index (χ1n) is 5.27. The minimum absolute atomic E-state index is 0.848. The van der Waals surface area contributed by atoms with E-state index in [1.165, 1.54) is 0 Å². The summed E-state index contributed by atoms with van der Waals surface area (Å²) >= 11 is 3.56. The Morgan fingerprint density at radius 3 is 3.12 bits per heavy atom. The summed E-state index contributed by atoms with van der Waals surface area (Å²) in [5.41, 5.74) is 2.06. The summed E-state index contributed by atoms with van der Waals surface area (Å²) in [6.07, 6.45) is 5.49. The first-order valence-corrected chi connectivity index (χ1v) is 7.24. The number of terminal acetylenes is 1. The molecule has 0 unspecified atom stereocenters. The third-order valence-corrected chi connectivity index (χ3v) is 4.68. The molecule has 2 nitrogen and oxygen atoms in total. The number of benzene rings is 1. The molecule has 17 heavy (non-hydrogen) atoms. The number of thioether (sulfide) groups is 2. The highest BCUT2D eigenvalue weighted by Crippen LogP contribution is 2.28. The molecule has 1 aliphatic rings. The van der Waals surface area contributed by atoms with Crippen LogP contribution in [0.15, 0.2) is 23.2 Å². The fraction of sp³-hybridized carbons (Fsp3) is 0.308. The van der Waals surface area contributed by atoms with Gasteiger partial charge in [0.15, 0.2) is 0 Å². The highest BCUT2D eigenvalue weighted by atomic mass is 32.2. The smallest absolute Gasteiger partial charge is 0.124 e. The molecule has 4 heteroatoms. The normalized spacial score (nSPS) is 14.2. The molecule has 0 fully saturated rings. The molecule has 0 amide bonds. The third-order valence-electron chi connectivity index (χ3n) is 2.38. The Labute approximate surface area is 110 Å². The molecule has 1 aromatic rings. The minimum atomic E-state index is 0.848. The van der Waals surface area contributed by atoms with Crippen molar-refractivity contribution in [1.29, 1.82) is 0 Å². The fourth-order valence-electron chi connectivity index (χ4n) is 1.50. The van der Waals surface area contributed by atoms with Crippen molar-refractivity contribution in [1.82, 2.24) is 0 Å². The molecule has 1 aromatic carbocycles. The van der Waals surface area contributed by atoms with Crippen LogP contribution in [0.3, 0.4) is 0 Å². The van der Waals surface area contributed by atoms with Gasteiger partial charge in [-0.25, -0.2) is 0 Å². The third kappa shape index (κ3) is 3.21. The molecule has 1 heterocycles. The molecule has 0 radical (unpaired) electrons. The maximum absolute atomic E-state index is 5.49. The monoisotopic (exact) mass is 263 g/mol. The predicted octanol–water partition coefficient (Wildman–Crippen LogP) is 3.01. The molecule has 0 saturated carbocycles. The van der Waals surface area contributed by atoms with Crippen molar-refractivity contribution in [2.24, 2.45) is 4.99 Å². The van der Waals surface area contributed by atoms with Crippen LogP contribution in [0.4, 0.5) is 0 Å². The number of ether oxygens (including phenoxy) is 1. The van der Waals surface area contributed by atoms with Gasteiger partial charge in [-0.2, -0.15) is 0 Å². The summed E-state index contributed by atoms with van der Waals surface area (Å²) in [5.74, 6) is 5.50. The van der Waals surface area contributed by atoms with E-state index in [9.17, 15) is 0 Å². The summed E-state index contributed by atoms with van der Waals surface area (Å²) in [6.45, 7) is 0.938. The lowest BCUT2D eigenvalue weighted by Gasteiger charge is -2.07. The van der Waals surface area contributed by atoms with Gasteiger partial charge in [-0.05, 0) is 23.8 Å². The molecule has 0 aliphatic carbocycles. The molecule has 1 aliphatic heterocycles. The van der Waals surface area contributed by atoms with Gasteiger partial charge >= 0.3 is 0 Å². The predicted molar refractivity (Wildman–Crippen MR) is 77.0 cm³/mol. The molecular weight excluding hydrogens is 250 g/mol. The topological polar surface area (TPSA) is 21.6 Å². The van der Waals surface area contributed by atoms with E-state index in [0.29, 0.717) is 0 Å². The Kier molecular flexibility index (Phi) is 4.41. The molecule has 0 aromatic heterocycles. The highest BCUT2D eigenvalue weighted by Gasteiger charge is 2.09. The van der Waals surface area contributed by atoms with Gasteiger partial charge in [-0.1, -0.05) is 29.4 Å². The average Bonchev–Trinajstić information content (AvgIpc) is 2.89. The Balaban J connectivity index is 2.10. The maximum atomic E-state index is 5.49. The Morgan fingerprint density at radius 2 is 2.47 bits per heavy atom. The summed E-state index contributed by atoms with van der Waals surface area (Å²) in [6, 6.07) is 5.83. The second kappa shape index (κ2) is 6.04. The van der Waals surface area contributed by atoms with E-state index in [1.807, 2.05) is 30.0 Å². The Hall–Kier alpha value is -1.05. The van der Waals surface area contributed by atoms with Gasteiger partial charge < -0.3 is 4.74 Å². The number of hydrogen-bond acceptors (Lipinski definition) is 4. The number of nitrogens with zero attached hydrogens (tertiary/aromatic N) is 1. The van der Waals surface area contributed by atoms with Crippen molar-refractivity contribution < 1.29 is 4.74 Å². The van der Waals surface area contributed by atoms with E-state index in [0.717, 1.165) is 39.3 Å². The van der Waals surface area contributed by atoms with Gasteiger partial charge in [0.05, 0.1) is 13.7 Å². The van der Waals surface area contributed by atoms with Crippen LogP contribution in [0.25, 0.3) is 0 Å². The highest BCUT2D eigenvalue weighted by molar-refractivity contribution is 8.38. The molecule has 0 N–H and O–H groups in total. The molecular formula is C13H13NOS2. The van der Waals surface area contributed by atoms with Gasteiger partial charge in [0.25, 0.3) is 0 Å². The summed E-state index contributed by atoms with van der Waals surface area (Å²) in [7, 11) is 1.67. The van der Waals surface area contributed by atoms with Crippen molar-refractivity contribution >= 4 is 27.9 Å². The van der Waals surface area contributed by atoms with Crippen LogP contribution in [0, 0.1) is 12.3 Å². The van der Waals surface area contributed by atoms with Crippen LogP contribution < -0.4 is 4.74 Å². The summed E-state index contributed by atoms with van der Waals surface area (Å²) < 4.78 is 6.38. The lowest BCUT2D eigenvalue weighted by Crippen LogP contribution is -1.92. The standard InChI is InChI=1S/C13H13NOS2/c1-3-10-4-5-12(15-2)8-11(10)9-17-13-14-6-7-16-13/h1,4-5,8H,6-7,9H2,2H3. The molecule has 2 rings (SSSR count). The zero-order valence-electron chi connectivity index (χ0n) is 9.60. The minimum Gasteiger partial charge on any atom is -0.497 e. The quantitative estimate of drug-likeness (QED) is 0.782. The van der Waals surface area contributed by atoms with Crippen LogP contribution in [-0.4, -0.2) is 23.8 Å². The molecule has 0 spiro atoms. The number of hydrogen-bond donors (Lipinski definition) is 0. The summed E-state index contributed by atoms with van der Waals surface area (Å²) in [4.78, 5) is 4.41. The fourth-order valence-corrected chi connectivity index (χ4v) is 3.50. The van der Waals surface area contributed by atoms with Gasteiger partial charge in [0.1, 0.15) is 10.1 Å². The van der Waals surface area contributed by atoms with Crippen LogP contribution in [-0.2, 0) is 5.75 Å². The first-order chi connectivity index (χ1) is 8.33. The van der Waals surface area contributed by atoms with Crippen molar-refractivity contribution in [3.8, 4) is 18.1 Å². The van der Waals surface area contributed by atoms with Gasteiger partial charge in [-0.15, -0.1) is 6.42 Å². The van der Waals surface area contributed by atoms with Crippen molar-refractivity contribution in [3.63, 3.8) is 0 Å². The number of methoxy groups -OCH3 is 1. The lowest BCUT2D eigenvalue weighted by atomic mass is 10.1. The van der Waals surface area contributed by atoms with Crippen LogP contribution in [0.1, 0.15) is 11.1 Å². The van der Waals surface area contributed by atoms with Gasteiger partial charge in [-0.3, -0.25) is 4.99 Å². The Bertz CT molecular complexity index is 477. The van der Waals surface area contributed by atoms with E-state index in [-0.39, 0.29) is 0 Å². The van der Waals surface area contributed by atoms with Crippen LogP contribution in [0.2, 0.25) is 0 Å². The van der Waals surface area contributed by atoms with Gasteiger partial charge in [0, 0.05) is 17.1 Å². The number of aliphatic imine (C=N–C) groups is 1. The van der Waals surface area contributed by atoms with Crippen LogP contribution in [0.5, 0.6) is 5.75 Å². The SMILES string of the molecule is C#Cc1ccc(OC)cc1CSC1=NCCS1. The largest absolute Gasteiger partial charge is 0.497 e. The summed E-state index contributed by atoms with van der Waals surface area (Å²) in [5, 5.41) is 0. The van der Waals surface area contributed by atoms with E-state index in [4.69, 9.17) is 11.2 Å². The molecule has 0 atom stereocenters. The molecule has 88 valence electrons. The first kappa shape index (κ1) is 12.4. The zero-order chi connectivity index (χ0) is 12.1. The molecule has 0 saturated heterocycles. The van der Waals surface area contributed by atoms with Gasteiger partial charge in [0.2, 0.25) is 0 Å². The Morgan fingerprint density at radius 1 is 1.59 bits per heavy atom. The maximum Gasteiger partial charge on any atom is 0.124 e. The van der Waals surface area contributed by atoms with Crippen LogP contribution >= 0.6 is 23.5 Å².